The third kappa shape index (κ3) is 34.4. The number of alkyl halides is 1. The molecule has 42 heteroatoms. The summed E-state index contributed by atoms with van der Waals surface area (Å²) < 4.78 is 57.7. The number of anilines is 2. The SMILES string of the molecule is C.C.C.CC(=O)O.CCOC(=O)/C=C(\[O-])C(=O)OCC.CCOC(=O)c1cc(=O)[nH]c2c1c(C)nn2-c1ccccc1.CCOC(=O)c1cc(Br)nc2c1c(C)nn2-c1ccccc1.Cc1cc(N)n(-c2ccccc2)n1.Cc1nn(-c2ccccc2)c2nc(Br)cc(C(=O)O)c12.Cc1nn(-c2ccccc2)c2nc(Br)cc(NC(=O)OC(C)(C)C)c12.O=P(Br)(Br)Br.[2H]CF.[Na+]. The number of nitrogens with two attached hydrogens (primary N) is 1. The van der Waals surface area contributed by atoms with E-state index in [1.165, 1.54) is 12.1 Å². The first-order chi connectivity index (χ1) is 60.1. The number of rotatable bonds is 15. The first kappa shape index (κ1) is 113. The van der Waals surface area contributed by atoms with Gasteiger partial charge in [-0.15, -0.1) is 0 Å². The van der Waals surface area contributed by atoms with Crippen molar-refractivity contribution in [2.75, 3.05) is 44.6 Å². The van der Waals surface area contributed by atoms with Gasteiger partial charge in [-0.1, -0.05) is 113 Å². The zero-order valence-corrected chi connectivity index (χ0v) is 83.3. The van der Waals surface area contributed by atoms with Crippen LogP contribution in [0, 0.1) is 34.6 Å². The predicted molar refractivity (Wildman–Crippen MR) is 518 cm³/mol. The number of aryl methyl sites for hydroxylation is 5. The number of benzene rings is 5. The third-order valence-electron chi connectivity index (χ3n) is 15.9. The Labute approximate surface area is 823 Å². The molecule has 5 aromatic carbocycles. The number of H-pyrrole nitrogens is 1. The number of aromatic nitrogens is 14. The number of para-hydroxylation sites is 5. The fourth-order valence-corrected chi connectivity index (χ4v) is 12.6. The topological polar surface area (TPSA) is 445 Å². The van der Waals surface area contributed by atoms with Crippen molar-refractivity contribution in [1.29, 1.82) is 0 Å². The molecule has 0 aliphatic carbocycles. The van der Waals surface area contributed by atoms with Gasteiger partial charge in [0.15, 0.2) is 16.9 Å². The summed E-state index contributed by atoms with van der Waals surface area (Å²) in [7, 11) is -1.00. The molecule has 0 radical (unpaired) electrons. The molecule has 0 atom stereocenters. The summed E-state index contributed by atoms with van der Waals surface area (Å²) in [6, 6.07) is 56.2. The van der Waals surface area contributed by atoms with Gasteiger partial charge in [0, 0.05) is 71.6 Å². The molecule has 33 nitrogen and oxygen atoms in total. The quantitative estimate of drug-likeness (QED) is 0.0121. The number of carbonyl (C=O) groups excluding carboxylic acids is 5. The summed E-state index contributed by atoms with van der Waals surface area (Å²) >= 11 is 18.3. The Hall–Kier alpha value is -10.9. The van der Waals surface area contributed by atoms with E-state index in [0.717, 1.165) is 57.8 Å². The van der Waals surface area contributed by atoms with Gasteiger partial charge in [0.25, 0.3) is 9.22 Å². The fraction of sp³-hybridized carbons (Fsp3) is 0.250. The van der Waals surface area contributed by atoms with Crippen LogP contribution in [0.4, 0.5) is 20.7 Å². The first-order valence-electron chi connectivity index (χ1n) is 38.2. The van der Waals surface area contributed by atoms with Crippen LogP contribution in [0.1, 0.15) is 139 Å². The van der Waals surface area contributed by atoms with E-state index in [0.29, 0.717) is 93.7 Å². The summed E-state index contributed by atoms with van der Waals surface area (Å²) in [6.07, 6.45) is 0.0559. The van der Waals surface area contributed by atoms with Gasteiger partial charge in [0.05, 0.1) is 136 Å². The molecule has 0 aliphatic heterocycles. The summed E-state index contributed by atoms with van der Waals surface area (Å²) in [4.78, 5) is 106. The molecule has 9 aromatic heterocycles. The maximum absolute atomic E-state index is 12.2. The molecule has 0 spiro atoms. The minimum Gasteiger partial charge on any atom is -0.867 e. The Morgan fingerprint density at radius 1 is 0.531 bits per heavy atom. The van der Waals surface area contributed by atoms with Gasteiger partial charge in [0.1, 0.15) is 30.9 Å². The number of aliphatic carboxylic acids is 1. The van der Waals surface area contributed by atoms with E-state index < -0.39 is 57.7 Å². The molecule has 688 valence electrons. The summed E-state index contributed by atoms with van der Waals surface area (Å²) in [5.41, 5.74) is 16.8. The second kappa shape index (κ2) is 55.3. The smallest absolute Gasteiger partial charge is 0.867 e. The van der Waals surface area contributed by atoms with Crippen LogP contribution >= 0.6 is 97.5 Å². The van der Waals surface area contributed by atoms with Crippen molar-refractivity contribution < 1.29 is 112 Å². The fourth-order valence-electron chi connectivity index (χ4n) is 11.4. The number of halogens is 7. The maximum atomic E-state index is 12.2. The van der Waals surface area contributed by atoms with E-state index in [9.17, 15) is 52.7 Å². The van der Waals surface area contributed by atoms with Crippen molar-refractivity contribution in [2.45, 2.75) is 118 Å². The number of ether oxygens (including phenoxy) is 5. The number of hydrogen-bond donors (Lipinski definition) is 5. The standard InChI is InChI=1S/C18H19BrN4O2.C16H14BrN3O2.C16H15N3O3.C14H10BrN3O2.C10H11N3.C8H12O5.C2H4O2.CH3F.3CH4.Br3OP.Na/c1-11-15-13(20-17(24)25-18(2,3)4)10-14(19)21-16(15)23(22-11)12-8-6-5-7-9-12;1-3-22-16(21)12-9-13(17)18-15-14(12)10(2)19-20(15)11-7-5-4-6-8-11;1-3-22-16(21)12-9-13(20)17-15-14(12)10(2)18-19(15)11-7-5-4-6-8-11;1-8-12-10(14(19)20)7-11(15)16-13(12)18(17-8)9-5-3-2-4-6-9;1-8-7-10(11)13(12-8)9-5-3-2-4-6-9;1-3-12-7(10)5-6(9)8(11)13-4-2;1-2(3)4;1-2;;;;1-5(2,3)4;/h5-10H,1-4H3,(H,20,21,24);4-9H,3H2,1-2H3;4-9H,3H2,1-2H3,(H,17,20);2-7H,1H3,(H,19,20);2-7H,11H2,1H3;5,9H,3-4H2,1-2H3;1H3,(H,3,4);1H3;3*1H4;;/q;;;;;;;;;;;;+1/p-1/b;;;;;6-5-;;;;;;;/i;;;;;;;1D;;;;;. The zero-order valence-electron chi connectivity index (χ0n) is 71.9. The molecule has 0 fully saturated rings. The Morgan fingerprint density at radius 3 is 1.22 bits per heavy atom. The number of fused-ring (bicyclic) bond motifs is 4. The van der Waals surface area contributed by atoms with Gasteiger partial charge in [-0.25, -0.2) is 67.1 Å². The molecule has 0 aliphatic rings. The largest absolute Gasteiger partial charge is 1.00 e. The van der Waals surface area contributed by atoms with Crippen LogP contribution in [-0.2, 0) is 42.6 Å². The Bertz CT molecular complexity index is 6280. The normalized spacial score (nSPS) is 10.5. The van der Waals surface area contributed by atoms with Gasteiger partial charge in [-0.3, -0.25) is 23.9 Å². The molecule has 0 saturated heterocycles. The van der Waals surface area contributed by atoms with Gasteiger partial charge >= 0.3 is 65.5 Å². The van der Waals surface area contributed by atoms with Crippen LogP contribution in [-0.4, -0.2) is 160 Å². The number of nitrogens with zero attached hydrogens (tertiary/aromatic N) is 13. The average molecular weight is 2210 g/mol. The number of aromatic carboxylic acids is 1. The molecular weight excluding hydrogens is 2110 g/mol. The van der Waals surface area contributed by atoms with Crippen molar-refractivity contribution in [1.82, 2.24) is 68.8 Å². The van der Waals surface area contributed by atoms with Crippen LogP contribution in [0.15, 0.2) is 212 Å². The number of pyridine rings is 4. The van der Waals surface area contributed by atoms with E-state index >= 15 is 0 Å². The number of nitrogen functional groups attached to an aromatic ring is 1. The first-order valence-corrected chi connectivity index (χ1v) is 47.7. The maximum Gasteiger partial charge on any atom is 1.00 e. The van der Waals surface area contributed by atoms with Crippen molar-refractivity contribution >= 4 is 195 Å². The van der Waals surface area contributed by atoms with E-state index in [1.54, 1.807) is 77.1 Å². The van der Waals surface area contributed by atoms with Crippen LogP contribution < -0.4 is 51.3 Å². The van der Waals surface area contributed by atoms with Gasteiger partial charge in [-0.05, 0) is 215 Å². The monoisotopic (exact) mass is 2200 g/mol. The van der Waals surface area contributed by atoms with Gasteiger partial charge in [0.2, 0.25) is 5.56 Å². The number of carbonyl (C=O) groups is 7. The molecule has 9 heterocycles. The number of nitrogens with one attached hydrogen (secondary N) is 2. The second-order valence-corrected chi connectivity index (χ2v) is 47.2. The average Bonchev–Trinajstić information content (AvgIpc) is 1.61. The zero-order chi connectivity index (χ0) is 94.2. The van der Waals surface area contributed by atoms with Crippen molar-refractivity contribution in [2.24, 2.45) is 0 Å². The van der Waals surface area contributed by atoms with E-state index in [-0.39, 0.29) is 94.3 Å². The molecule has 14 rings (SSSR count). The van der Waals surface area contributed by atoms with Gasteiger partial charge in [-0.2, -0.15) is 25.5 Å². The van der Waals surface area contributed by atoms with Gasteiger partial charge < -0.3 is 49.7 Å². The molecule has 1 amide bonds. The number of hydrogen-bond acceptors (Lipinski definition) is 24. The minimum atomic E-state index is -2.20. The summed E-state index contributed by atoms with van der Waals surface area (Å²) in [5.74, 6) is -4.92. The molecule has 14 aromatic rings. The van der Waals surface area contributed by atoms with Crippen LogP contribution in [0.25, 0.3) is 72.6 Å². The van der Waals surface area contributed by atoms with E-state index in [1.807, 2.05) is 199 Å². The minimum absolute atomic E-state index is 0. The molecule has 0 bridgehead atoms. The third-order valence-corrected chi connectivity index (χ3v) is 17.1. The van der Waals surface area contributed by atoms with Crippen LogP contribution in [0.5, 0.6) is 0 Å². The number of esters is 4. The van der Waals surface area contributed by atoms with E-state index in [2.05, 4.69) is 154 Å². The van der Waals surface area contributed by atoms with E-state index in [4.69, 9.17) is 31.2 Å². The Kier molecular flexibility index (Phi) is 48.2. The van der Waals surface area contributed by atoms with Crippen molar-refractivity contribution in [3.63, 3.8) is 0 Å². The second-order valence-electron chi connectivity index (χ2n) is 26.4. The van der Waals surface area contributed by atoms with Crippen LogP contribution in [0.2, 0.25) is 0 Å². The Morgan fingerprint density at radius 2 is 0.854 bits per heavy atom. The van der Waals surface area contributed by atoms with Crippen molar-refractivity contribution in [3.8, 4) is 28.4 Å². The number of amides is 1. The summed E-state index contributed by atoms with van der Waals surface area (Å²) in [6.45, 7) is 23.3. The van der Waals surface area contributed by atoms with Crippen LogP contribution in [0.3, 0.4) is 0 Å². The number of aromatic amines is 1. The molecule has 6 N–H and O–H groups in total. The molecule has 0 unspecified atom stereocenters. The predicted octanol–water partition coefficient (Wildman–Crippen LogP) is 17.9. The number of carboxylic acid groups (broad SMARTS) is 2. The molecular formula is C88H99Br6FN16NaO17P. The summed E-state index contributed by atoms with van der Waals surface area (Å²) in [5, 5.41) is 55.2. The Balaban J connectivity index is 0.000000521. The number of carboxylic acids is 2. The van der Waals surface area contributed by atoms with Crippen molar-refractivity contribution in [3.05, 3.63) is 263 Å². The molecule has 0 saturated carbocycles. The molecule has 130 heavy (non-hydrogen) atoms.